The average molecular weight is 2070 g/mol. The van der Waals surface area contributed by atoms with Gasteiger partial charge in [0.15, 0.2) is 22.6 Å². The zero-order valence-corrected chi connectivity index (χ0v) is 86.7. The number of piperidine rings is 4. The van der Waals surface area contributed by atoms with Gasteiger partial charge in [0.05, 0.1) is 78.2 Å². The summed E-state index contributed by atoms with van der Waals surface area (Å²) in [6, 6.07) is 21.7. The highest BCUT2D eigenvalue weighted by atomic mass is 35.5. The zero-order valence-electron chi connectivity index (χ0n) is 80.6. The number of rotatable bonds is 29. The fraction of sp³-hybridized carbons (Fsp3) is 0.535. The molecule has 0 bridgehead atoms. The molecular weight excluding hydrogens is 1940 g/mol. The number of aromatic nitrogens is 16. The van der Waals surface area contributed by atoms with Crippen molar-refractivity contribution < 1.29 is 29.7 Å². The molecule has 8 saturated heterocycles. The lowest BCUT2D eigenvalue weighted by Crippen LogP contribution is -2.54. The van der Waals surface area contributed by atoms with E-state index in [4.69, 9.17) is 174 Å². The number of carboxylic acids is 2. The molecule has 8 atom stereocenters. The molecule has 8 aromatic heterocycles. The molecule has 0 radical (unpaired) electrons. The third-order valence-corrected chi connectivity index (χ3v) is 32.2. The number of aliphatic carboxylic acids is 2. The van der Waals surface area contributed by atoms with Crippen molar-refractivity contribution in [2.24, 2.45) is 53.1 Å². The number of benzene rings is 4. The van der Waals surface area contributed by atoms with Gasteiger partial charge < -0.3 is 60.3 Å². The summed E-state index contributed by atoms with van der Waals surface area (Å²) in [7, 11) is 0. The summed E-state index contributed by atoms with van der Waals surface area (Å²) in [6.45, 7) is 36.0. The molecule has 8 unspecified atom stereocenters. The van der Waals surface area contributed by atoms with Crippen molar-refractivity contribution in [3.8, 4) is 0 Å². The maximum atomic E-state index is 11.2. The van der Waals surface area contributed by atoms with Gasteiger partial charge in [-0.3, -0.25) is 14.4 Å². The van der Waals surface area contributed by atoms with E-state index in [1.807, 2.05) is 127 Å². The van der Waals surface area contributed by atoms with E-state index in [0.29, 0.717) is 94.6 Å². The summed E-state index contributed by atoms with van der Waals surface area (Å²) < 4.78 is 7.64. The predicted molar refractivity (Wildman–Crippen MR) is 555 cm³/mol. The minimum atomic E-state index is -0.724. The van der Waals surface area contributed by atoms with E-state index in [-0.39, 0.29) is 49.5 Å². The third kappa shape index (κ3) is 23.6. The van der Waals surface area contributed by atoms with E-state index in [2.05, 4.69) is 60.0 Å². The molecule has 0 saturated carbocycles. The minimum Gasteiger partial charge on any atom is -0.481 e. The number of nitrogens with zero attached hydrogens (tertiary/aromatic N) is 24. The van der Waals surface area contributed by atoms with Crippen LogP contribution in [0.25, 0.3) is 44.7 Å². The highest BCUT2D eigenvalue weighted by Crippen LogP contribution is 2.43. The first kappa shape index (κ1) is 102. The van der Waals surface area contributed by atoms with Gasteiger partial charge in [0.25, 0.3) is 0 Å². The van der Waals surface area contributed by atoms with Crippen LogP contribution in [0, 0.1) is 75.0 Å². The second kappa shape index (κ2) is 45.4. The number of carbonyl (C=O) groups is 3. The number of carboxylic acid groups (broad SMARTS) is 2. The quantitative estimate of drug-likeness (QED) is 0.0338. The first-order chi connectivity index (χ1) is 67.3. The standard InChI is InChI=1S/C26H32Cl2N6O2.C25H31Cl2N7O.C25H30Cl2N6O2.C25H32Cl2N6O/c1-16-25-26(34(31-16)17(2)21-8-7-20(27)11-22(21)28)30-23(12-29-25)33-14-19(15-33)18-5-3-9-32(13-18)10-4-6-24(35)36;1-15-24-25(34(31-15)16(2)20-6-5-19(26)10-21(20)27)30-23(11-29-24)33-13-18(14-33)17-4-3-8-32(12-17)9-7-22(28)35;1-15-24-25(33(30-15)16(2)20-6-5-19(26)10-21(20)27)29-22(11-28-24)32-13-18(14-32)17-4-3-8-31(12-17)9-7-23(34)35;1-16-24-25(33(30-16)17(2)21-7-6-20(26)11-22(21)27)29-23(12-28-24)32-14-19(15-32)18-5-3-8-31(13-18)9-4-10-34/h7-8,11-12,17-19H,3-6,9-10,13-15H2,1-2H3,(H,35,36);5-6,10-11,16-18H,3-4,7-9,12-14H2,1-2H3,(H2,28,35);5-6,10-11,16-18H,3-4,7-9,12-14H2,1-2H3,(H,34,35);6-7,11-12,17-19,34H,3-5,8-10,13-15H2,1-2H3. The smallest absolute Gasteiger partial charge is 0.304 e. The lowest BCUT2D eigenvalue weighted by molar-refractivity contribution is -0.138. The van der Waals surface area contributed by atoms with Gasteiger partial charge in [-0.25, -0.2) is 58.6 Å². The van der Waals surface area contributed by atoms with E-state index in [0.717, 1.165) is 262 Å². The molecule has 8 aliphatic rings. The van der Waals surface area contributed by atoms with Crippen LogP contribution in [0.2, 0.25) is 40.2 Å². The molecule has 16 heterocycles. The summed E-state index contributed by atoms with van der Waals surface area (Å²) in [5, 5.41) is 50.9. The van der Waals surface area contributed by atoms with E-state index < -0.39 is 11.9 Å². The third-order valence-electron chi connectivity index (χ3n) is 29.9. The number of aryl methyl sites for hydroxylation is 4. The molecule has 4 aromatic carbocycles. The second-order valence-electron chi connectivity index (χ2n) is 39.5. The Balaban J connectivity index is 0.000000129. The Morgan fingerprint density at radius 1 is 0.350 bits per heavy atom. The summed E-state index contributed by atoms with van der Waals surface area (Å²) in [6.07, 6.45) is 19.7. The van der Waals surface area contributed by atoms with Crippen LogP contribution in [0.1, 0.15) is 180 Å². The van der Waals surface area contributed by atoms with Crippen LogP contribution in [0.5, 0.6) is 0 Å². The van der Waals surface area contributed by atoms with E-state index >= 15 is 0 Å². The average Bonchev–Trinajstić information content (AvgIpc) is 1.73. The SMILES string of the molecule is Cc1nn(C(C)c2ccc(Cl)cc2Cl)c2nc(N3CC(C4CCCN(CCC(=O)O)C4)C3)cnc12.Cc1nn(C(C)c2ccc(Cl)cc2Cl)c2nc(N3CC(C4CCCN(CCC(N)=O)C4)C3)cnc12.Cc1nn(C(C)c2ccc(Cl)cc2Cl)c2nc(N3CC(C4CCCN(CCCC(=O)O)C4)C3)cnc12.Cc1nn(C(C)c2ccc(Cl)cc2Cl)c2nc(N3CC(C4CCCN(CCCO)C4)C3)cnc12. The van der Waals surface area contributed by atoms with Gasteiger partial charge in [-0.1, -0.05) is 117 Å². The van der Waals surface area contributed by atoms with E-state index in [1.165, 1.54) is 44.9 Å². The number of nitrogens with two attached hydrogens (primary N) is 1. The Labute approximate surface area is 856 Å². The summed E-state index contributed by atoms with van der Waals surface area (Å²) in [4.78, 5) is 90.6. The van der Waals surface area contributed by atoms with Gasteiger partial charge in [-0.15, -0.1) is 0 Å². The molecule has 0 aliphatic carbocycles. The Kier molecular flexibility index (Phi) is 33.2. The molecule has 140 heavy (non-hydrogen) atoms. The van der Waals surface area contributed by atoms with Gasteiger partial charge >= 0.3 is 11.9 Å². The van der Waals surface area contributed by atoms with E-state index in [9.17, 15) is 14.4 Å². The highest BCUT2D eigenvalue weighted by Gasteiger charge is 2.43. The molecule has 20 rings (SSSR count). The highest BCUT2D eigenvalue weighted by molar-refractivity contribution is 6.37. The minimum absolute atomic E-state index is 0.0956. The first-order valence-electron chi connectivity index (χ1n) is 49.2. The molecule has 1 amide bonds. The summed E-state index contributed by atoms with van der Waals surface area (Å²) in [5.41, 5.74) is 18.8. The number of primary amides is 1. The number of aliphatic hydroxyl groups excluding tert-OH is 1. The number of anilines is 4. The monoisotopic (exact) mass is 2060 g/mol. The Bertz CT molecular complexity index is 6230. The van der Waals surface area contributed by atoms with Crippen molar-refractivity contribution in [2.45, 2.75) is 163 Å². The van der Waals surface area contributed by atoms with Gasteiger partial charge in [-0.05, 0) is 270 Å². The molecule has 12 aromatic rings. The van der Waals surface area contributed by atoms with Crippen molar-refractivity contribution in [2.75, 3.05) is 157 Å². The number of hydrogen-bond acceptors (Lipinski definition) is 24. The number of hydrogen-bond donors (Lipinski definition) is 4. The second-order valence-corrected chi connectivity index (χ2v) is 42.9. The number of amides is 1. The Morgan fingerprint density at radius 3 is 0.843 bits per heavy atom. The van der Waals surface area contributed by atoms with Crippen LogP contribution in [0.3, 0.4) is 0 Å². The van der Waals surface area contributed by atoms with Crippen molar-refractivity contribution in [3.63, 3.8) is 0 Å². The Hall–Kier alpha value is -9.19. The van der Waals surface area contributed by atoms with E-state index in [1.54, 1.807) is 24.3 Å². The van der Waals surface area contributed by atoms with Gasteiger partial charge in [-0.2, -0.15) is 20.4 Å². The molecule has 8 fully saturated rings. The van der Waals surface area contributed by atoms with Gasteiger partial charge in [0.1, 0.15) is 45.3 Å². The number of fused-ring (bicyclic) bond motifs is 4. The van der Waals surface area contributed by atoms with Crippen LogP contribution in [0.4, 0.5) is 23.3 Å². The molecular formula is C101H125Cl8N25O6. The van der Waals surface area contributed by atoms with Crippen LogP contribution in [-0.4, -0.2) is 269 Å². The first-order valence-corrected chi connectivity index (χ1v) is 52.3. The van der Waals surface area contributed by atoms with Crippen LogP contribution < -0.4 is 25.3 Å². The fourth-order valence-corrected chi connectivity index (χ4v) is 24.0. The van der Waals surface area contributed by atoms with Crippen molar-refractivity contribution in [1.82, 2.24) is 98.6 Å². The van der Waals surface area contributed by atoms with Crippen molar-refractivity contribution in [3.05, 3.63) is 183 Å². The number of carbonyl (C=O) groups excluding carboxylic acids is 1. The number of aliphatic hydroxyl groups is 1. The van der Waals surface area contributed by atoms with Crippen molar-refractivity contribution >= 4 is 179 Å². The normalized spacial score (nSPS) is 20.3. The maximum absolute atomic E-state index is 11.2. The fourth-order valence-electron chi connectivity index (χ4n) is 21.7. The van der Waals surface area contributed by atoms with Crippen molar-refractivity contribution in [1.29, 1.82) is 0 Å². The molecule has 0 spiro atoms. The molecule has 8 aliphatic heterocycles. The summed E-state index contributed by atoms with van der Waals surface area (Å²) in [5.74, 6) is 7.03. The van der Waals surface area contributed by atoms with Gasteiger partial charge in [0.2, 0.25) is 5.91 Å². The summed E-state index contributed by atoms with van der Waals surface area (Å²) >= 11 is 50.3. The molecule has 39 heteroatoms. The molecule has 31 nitrogen and oxygen atoms in total. The zero-order chi connectivity index (χ0) is 98.6. The number of halogens is 8. The number of likely N-dealkylation sites (tertiary alicyclic amines) is 4. The topological polar surface area (TPSA) is 338 Å². The maximum Gasteiger partial charge on any atom is 0.304 e. The predicted octanol–water partition coefficient (Wildman–Crippen LogP) is 18.4. The molecule has 5 N–H and O–H groups in total. The molecule has 746 valence electrons. The Morgan fingerprint density at radius 2 is 0.600 bits per heavy atom. The van der Waals surface area contributed by atoms with Crippen LogP contribution in [0.15, 0.2) is 97.6 Å². The lowest BCUT2D eigenvalue weighted by atomic mass is 9.80. The van der Waals surface area contributed by atoms with Gasteiger partial charge in [0, 0.05) is 158 Å². The van der Waals surface area contributed by atoms with Crippen LogP contribution in [-0.2, 0) is 14.4 Å². The lowest BCUT2D eigenvalue weighted by Gasteiger charge is -2.47. The van der Waals surface area contributed by atoms with Crippen LogP contribution >= 0.6 is 92.8 Å². The largest absolute Gasteiger partial charge is 0.481 e.